The molecule has 0 unspecified atom stereocenters. The Morgan fingerprint density at radius 1 is 1.29 bits per heavy atom. The first-order chi connectivity index (χ1) is 6.52. The van der Waals surface area contributed by atoms with Crippen LogP contribution < -0.4 is 5.32 Å². The Morgan fingerprint density at radius 3 is 2.43 bits per heavy atom. The fraction of sp³-hybridized carbons (Fsp3) is 0.545. The lowest BCUT2D eigenvalue weighted by Gasteiger charge is -1.99. The summed E-state index contributed by atoms with van der Waals surface area (Å²) in [6, 6.07) is 0. The van der Waals surface area contributed by atoms with Crippen molar-refractivity contribution >= 4 is 6.09 Å². The quantitative estimate of drug-likeness (QED) is 0.666. The molecule has 3 nitrogen and oxygen atoms in total. The number of hydrogen-bond donors (Lipinski definition) is 2. The normalized spacial score (nSPS) is 10.9. The van der Waals surface area contributed by atoms with E-state index >= 15 is 0 Å². The summed E-state index contributed by atoms with van der Waals surface area (Å²) >= 11 is 0. The van der Waals surface area contributed by atoms with Crippen LogP contribution in [0.15, 0.2) is 23.3 Å². The third kappa shape index (κ3) is 8.84. The number of nitrogens with one attached hydrogen (secondary N) is 1. The van der Waals surface area contributed by atoms with Gasteiger partial charge in [0, 0.05) is 6.54 Å². The van der Waals surface area contributed by atoms with Crippen molar-refractivity contribution in [1.82, 2.24) is 5.32 Å². The summed E-state index contributed by atoms with van der Waals surface area (Å²) in [5.74, 6) is 0. The molecule has 0 aromatic rings. The smallest absolute Gasteiger partial charge is 0.404 e. The van der Waals surface area contributed by atoms with E-state index in [1.165, 1.54) is 11.1 Å². The predicted molar refractivity (Wildman–Crippen MR) is 58.4 cm³/mol. The molecule has 14 heavy (non-hydrogen) atoms. The number of carboxylic acid groups (broad SMARTS) is 1. The van der Waals surface area contributed by atoms with Crippen LogP contribution in [0, 0.1) is 0 Å². The number of hydrogen-bond acceptors (Lipinski definition) is 1. The molecule has 3 heteroatoms. The molecular formula is C11H19NO2. The molecule has 0 heterocycles. The minimum Gasteiger partial charge on any atom is -0.465 e. The summed E-state index contributed by atoms with van der Waals surface area (Å²) in [5, 5.41) is 10.6. The Labute approximate surface area is 85.5 Å². The minimum atomic E-state index is -0.974. The molecule has 80 valence electrons. The van der Waals surface area contributed by atoms with Crippen molar-refractivity contribution in [3.8, 4) is 0 Å². The van der Waals surface area contributed by atoms with Gasteiger partial charge in [-0.2, -0.15) is 0 Å². The second kappa shape index (κ2) is 7.18. The maximum atomic E-state index is 10.1. The highest BCUT2D eigenvalue weighted by molar-refractivity contribution is 5.64. The van der Waals surface area contributed by atoms with Crippen LogP contribution >= 0.6 is 0 Å². The Morgan fingerprint density at radius 2 is 1.93 bits per heavy atom. The van der Waals surface area contributed by atoms with Gasteiger partial charge in [0.2, 0.25) is 0 Å². The van der Waals surface area contributed by atoms with Gasteiger partial charge in [0.05, 0.1) is 0 Å². The highest BCUT2D eigenvalue weighted by atomic mass is 16.4. The third-order valence-corrected chi connectivity index (χ3v) is 1.80. The Kier molecular flexibility index (Phi) is 6.54. The summed E-state index contributed by atoms with van der Waals surface area (Å²) in [6.07, 6.45) is 5.14. The molecule has 0 bridgehead atoms. The van der Waals surface area contributed by atoms with E-state index in [4.69, 9.17) is 5.11 Å². The zero-order chi connectivity index (χ0) is 11.0. The molecule has 0 aliphatic rings. The zero-order valence-corrected chi connectivity index (χ0v) is 9.13. The first kappa shape index (κ1) is 12.8. The topological polar surface area (TPSA) is 49.3 Å². The second-order valence-electron chi connectivity index (χ2n) is 3.56. The van der Waals surface area contributed by atoms with Crippen molar-refractivity contribution in [2.75, 3.05) is 6.54 Å². The first-order valence-corrected chi connectivity index (χ1v) is 4.78. The fourth-order valence-corrected chi connectivity index (χ4v) is 1.00. The van der Waals surface area contributed by atoms with Gasteiger partial charge < -0.3 is 10.4 Å². The summed E-state index contributed by atoms with van der Waals surface area (Å²) in [6.45, 7) is 6.56. The molecule has 0 aliphatic carbocycles. The predicted octanol–water partition coefficient (Wildman–Crippen LogP) is 2.95. The number of rotatable bonds is 5. The van der Waals surface area contributed by atoms with E-state index in [0.717, 1.165) is 12.8 Å². The lowest BCUT2D eigenvalue weighted by molar-refractivity contribution is 0.195. The second-order valence-corrected chi connectivity index (χ2v) is 3.56. The Balaban J connectivity index is 3.67. The van der Waals surface area contributed by atoms with Crippen molar-refractivity contribution in [2.24, 2.45) is 0 Å². The van der Waals surface area contributed by atoms with Gasteiger partial charge in [0.15, 0.2) is 0 Å². The molecular weight excluding hydrogens is 178 g/mol. The van der Waals surface area contributed by atoms with Gasteiger partial charge in [-0.15, -0.1) is 0 Å². The minimum absolute atomic E-state index is 0.399. The number of carbonyl (C=O) groups is 1. The highest BCUT2D eigenvalue weighted by Crippen LogP contribution is 2.05. The SMILES string of the molecule is CC(C)=CCCC(C)=CCNC(=O)O. The Hall–Kier alpha value is -1.25. The molecule has 0 saturated carbocycles. The summed E-state index contributed by atoms with van der Waals surface area (Å²) < 4.78 is 0. The lowest BCUT2D eigenvalue weighted by Crippen LogP contribution is -2.20. The molecule has 0 fully saturated rings. The van der Waals surface area contributed by atoms with Gasteiger partial charge in [-0.1, -0.05) is 23.3 Å². The monoisotopic (exact) mass is 197 g/mol. The van der Waals surface area contributed by atoms with E-state index in [-0.39, 0.29) is 0 Å². The standard InChI is InChI=1S/C11H19NO2/c1-9(2)5-4-6-10(3)7-8-12-11(13)14/h5,7,12H,4,6,8H2,1-3H3,(H,13,14). The van der Waals surface area contributed by atoms with E-state index in [9.17, 15) is 4.79 Å². The van der Waals surface area contributed by atoms with Crippen LogP contribution in [-0.4, -0.2) is 17.7 Å². The molecule has 0 aromatic heterocycles. The molecule has 0 spiro atoms. The van der Waals surface area contributed by atoms with E-state index in [1.807, 2.05) is 13.0 Å². The highest BCUT2D eigenvalue weighted by Gasteiger charge is 1.91. The molecule has 0 saturated heterocycles. The molecule has 0 rings (SSSR count). The summed E-state index contributed by atoms with van der Waals surface area (Å²) in [5.41, 5.74) is 2.54. The van der Waals surface area contributed by atoms with Crippen LogP contribution in [-0.2, 0) is 0 Å². The van der Waals surface area contributed by atoms with Crippen molar-refractivity contribution in [3.63, 3.8) is 0 Å². The van der Waals surface area contributed by atoms with E-state index < -0.39 is 6.09 Å². The van der Waals surface area contributed by atoms with Crippen LogP contribution in [0.5, 0.6) is 0 Å². The van der Waals surface area contributed by atoms with Crippen LogP contribution in [0.4, 0.5) is 4.79 Å². The van der Waals surface area contributed by atoms with Gasteiger partial charge in [-0.25, -0.2) is 4.79 Å². The fourth-order valence-electron chi connectivity index (χ4n) is 1.00. The largest absolute Gasteiger partial charge is 0.465 e. The van der Waals surface area contributed by atoms with Crippen LogP contribution in [0.3, 0.4) is 0 Å². The van der Waals surface area contributed by atoms with Crippen molar-refractivity contribution in [2.45, 2.75) is 33.6 Å². The third-order valence-electron chi connectivity index (χ3n) is 1.80. The Bertz CT molecular complexity index is 238. The van der Waals surface area contributed by atoms with Crippen LogP contribution in [0.1, 0.15) is 33.6 Å². The molecule has 0 aromatic carbocycles. The number of amides is 1. The summed E-state index contributed by atoms with van der Waals surface area (Å²) in [4.78, 5) is 10.1. The maximum absolute atomic E-state index is 10.1. The van der Waals surface area contributed by atoms with E-state index in [0.29, 0.717) is 6.54 Å². The van der Waals surface area contributed by atoms with Crippen LogP contribution in [0.25, 0.3) is 0 Å². The van der Waals surface area contributed by atoms with Gasteiger partial charge in [-0.05, 0) is 33.6 Å². The van der Waals surface area contributed by atoms with Gasteiger partial charge >= 0.3 is 6.09 Å². The van der Waals surface area contributed by atoms with E-state index in [2.05, 4.69) is 25.2 Å². The van der Waals surface area contributed by atoms with Crippen molar-refractivity contribution in [3.05, 3.63) is 23.3 Å². The number of allylic oxidation sites excluding steroid dienone is 3. The zero-order valence-electron chi connectivity index (χ0n) is 9.13. The van der Waals surface area contributed by atoms with Gasteiger partial charge in [-0.3, -0.25) is 0 Å². The molecule has 2 N–H and O–H groups in total. The average Bonchev–Trinajstić information content (AvgIpc) is 2.02. The van der Waals surface area contributed by atoms with Crippen molar-refractivity contribution < 1.29 is 9.90 Å². The first-order valence-electron chi connectivity index (χ1n) is 4.78. The van der Waals surface area contributed by atoms with Crippen LogP contribution in [0.2, 0.25) is 0 Å². The summed E-state index contributed by atoms with van der Waals surface area (Å²) in [7, 11) is 0. The lowest BCUT2D eigenvalue weighted by atomic mass is 10.1. The molecule has 0 radical (unpaired) electrons. The van der Waals surface area contributed by atoms with Gasteiger partial charge in [0.25, 0.3) is 0 Å². The molecule has 1 amide bonds. The average molecular weight is 197 g/mol. The molecule has 0 atom stereocenters. The maximum Gasteiger partial charge on any atom is 0.404 e. The van der Waals surface area contributed by atoms with Crippen molar-refractivity contribution in [1.29, 1.82) is 0 Å². The van der Waals surface area contributed by atoms with E-state index in [1.54, 1.807) is 0 Å². The molecule has 0 aliphatic heterocycles. The van der Waals surface area contributed by atoms with Gasteiger partial charge in [0.1, 0.15) is 0 Å².